The molecule has 0 unspecified atom stereocenters. The van der Waals surface area contributed by atoms with Crippen molar-refractivity contribution in [1.82, 2.24) is 14.9 Å². The molecule has 5 rings (SSSR count). The zero-order valence-electron chi connectivity index (χ0n) is 18.2. The first kappa shape index (κ1) is 21.3. The summed E-state index contributed by atoms with van der Waals surface area (Å²) in [6.45, 7) is 5.24. The molecule has 2 aliphatic heterocycles. The van der Waals surface area contributed by atoms with Crippen molar-refractivity contribution >= 4 is 43.9 Å². The van der Waals surface area contributed by atoms with E-state index in [0.717, 1.165) is 35.5 Å². The fraction of sp³-hybridized carbons (Fsp3) is 0.524. The van der Waals surface area contributed by atoms with Crippen LogP contribution in [0, 0.1) is 12.8 Å². The zero-order valence-corrected chi connectivity index (χ0v) is 19.8. The van der Waals surface area contributed by atoms with Crippen molar-refractivity contribution in [3.8, 4) is 10.6 Å². The lowest BCUT2D eigenvalue weighted by molar-refractivity contribution is -0.114. The van der Waals surface area contributed by atoms with Crippen molar-refractivity contribution in [3.63, 3.8) is 0 Å². The van der Waals surface area contributed by atoms with Crippen molar-refractivity contribution in [3.05, 3.63) is 22.9 Å². The highest BCUT2D eigenvalue weighted by molar-refractivity contribution is 7.91. The van der Waals surface area contributed by atoms with E-state index >= 15 is 0 Å². The molecule has 0 radical (unpaired) electrons. The van der Waals surface area contributed by atoms with Crippen molar-refractivity contribution in [2.45, 2.75) is 38.5 Å². The minimum Gasteiger partial charge on any atom is -0.353 e. The summed E-state index contributed by atoms with van der Waals surface area (Å²) in [6.07, 6.45) is 3.56. The normalized spacial score (nSPS) is 18.7. The monoisotopic (exact) mass is 475 g/mol. The number of aromatic nitrogens is 2. The molecule has 11 heteroatoms. The van der Waals surface area contributed by atoms with Gasteiger partial charge in [-0.3, -0.25) is 9.59 Å². The average Bonchev–Trinajstić information content (AvgIpc) is 3.30. The number of hydrogen-bond donors (Lipinski definition) is 1. The lowest BCUT2D eigenvalue weighted by atomic mass is 10.1. The van der Waals surface area contributed by atoms with Crippen LogP contribution in [0.2, 0.25) is 0 Å². The second-order valence-electron chi connectivity index (χ2n) is 8.97. The van der Waals surface area contributed by atoms with Gasteiger partial charge in [-0.15, -0.1) is 0 Å². The Hall–Kier alpha value is -2.53. The Kier molecular flexibility index (Phi) is 5.01. The molecule has 1 saturated heterocycles. The molecule has 2 aromatic heterocycles. The van der Waals surface area contributed by atoms with E-state index in [1.54, 1.807) is 0 Å². The molecule has 1 N–H and O–H groups in total. The average molecular weight is 476 g/mol. The number of anilines is 2. The van der Waals surface area contributed by atoms with Gasteiger partial charge in [-0.25, -0.2) is 18.4 Å². The van der Waals surface area contributed by atoms with Crippen LogP contribution in [0.4, 0.5) is 10.9 Å². The van der Waals surface area contributed by atoms with E-state index in [2.05, 4.69) is 10.3 Å². The van der Waals surface area contributed by atoms with Crippen LogP contribution in [-0.4, -0.2) is 66.2 Å². The molecule has 0 atom stereocenters. The van der Waals surface area contributed by atoms with Gasteiger partial charge in [0.05, 0.1) is 27.1 Å². The number of pyridine rings is 1. The van der Waals surface area contributed by atoms with E-state index < -0.39 is 15.1 Å². The van der Waals surface area contributed by atoms with Crippen LogP contribution in [0.1, 0.15) is 41.4 Å². The summed E-state index contributed by atoms with van der Waals surface area (Å²) in [4.78, 5) is 38.5. The van der Waals surface area contributed by atoms with Gasteiger partial charge < -0.3 is 15.1 Å². The highest BCUT2D eigenvalue weighted by atomic mass is 32.2. The van der Waals surface area contributed by atoms with Crippen LogP contribution in [-0.2, 0) is 21.2 Å². The van der Waals surface area contributed by atoms with Gasteiger partial charge in [0.25, 0.3) is 5.91 Å². The summed E-state index contributed by atoms with van der Waals surface area (Å²) < 4.78 is 23.9. The van der Waals surface area contributed by atoms with Gasteiger partial charge in [-0.1, -0.05) is 11.3 Å². The third-order valence-corrected chi connectivity index (χ3v) is 8.79. The number of nitrogens with one attached hydrogen (secondary N) is 1. The second-order valence-corrected chi connectivity index (χ2v) is 12.3. The molecule has 2 aromatic rings. The Morgan fingerprint density at radius 2 is 2.00 bits per heavy atom. The molecule has 1 saturated carbocycles. The maximum Gasteiger partial charge on any atom is 0.258 e. The number of carbonyl (C=O) groups excluding carboxylic acids is 2. The van der Waals surface area contributed by atoms with Gasteiger partial charge in [0.1, 0.15) is 5.82 Å². The summed E-state index contributed by atoms with van der Waals surface area (Å²) in [6, 6.07) is 1.94. The zero-order chi connectivity index (χ0) is 22.8. The molecule has 2 fully saturated rings. The summed E-state index contributed by atoms with van der Waals surface area (Å²) in [7, 11) is -3.14. The summed E-state index contributed by atoms with van der Waals surface area (Å²) in [5.41, 5.74) is 2.93. The molecular weight excluding hydrogens is 450 g/mol. The van der Waals surface area contributed by atoms with Crippen molar-refractivity contribution < 1.29 is 18.0 Å². The van der Waals surface area contributed by atoms with E-state index in [0.29, 0.717) is 47.8 Å². The number of amides is 2. The SMILES string of the molecule is CC(=O)Nc1nc(C)c(-c2cc3c(c(N4CC(S(C)(=O)=O)C4)n2)C(=O)N(CC2CC2)C3)s1. The second kappa shape index (κ2) is 7.51. The molecule has 4 heterocycles. The Balaban J connectivity index is 1.54. The van der Waals surface area contributed by atoms with E-state index in [-0.39, 0.29) is 11.8 Å². The van der Waals surface area contributed by atoms with Gasteiger partial charge in [0.15, 0.2) is 15.0 Å². The van der Waals surface area contributed by atoms with Crippen LogP contribution in [0.5, 0.6) is 0 Å². The molecule has 0 spiro atoms. The van der Waals surface area contributed by atoms with Gasteiger partial charge in [0, 0.05) is 39.4 Å². The first-order valence-corrected chi connectivity index (χ1v) is 13.4. The lowest BCUT2D eigenvalue weighted by Gasteiger charge is -2.39. The number of fused-ring (bicyclic) bond motifs is 1. The van der Waals surface area contributed by atoms with Crippen LogP contribution < -0.4 is 10.2 Å². The molecule has 0 aromatic carbocycles. The molecule has 3 aliphatic rings. The van der Waals surface area contributed by atoms with Crippen LogP contribution in [0.25, 0.3) is 10.6 Å². The maximum absolute atomic E-state index is 13.2. The maximum atomic E-state index is 13.2. The fourth-order valence-corrected chi connectivity index (χ4v) is 6.08. The highest BCUT2D eigenvalue weighted by Gasteiger charge is 2.41. The Morgan fingerprint density at radius 3 is 2.62 bits per heavy atom. The molecule has 9 nitrogen and oxygen atoms in total. The molecular formula is C21H25N5O4S2. The van der Waals surface area contributed by atoms with Crippen molar-refractivity contribution in [2.24, 2.45) is 5.92 Å². The third-order valence-electron chi connectivity index (χ3n) is 6.19. The predicted octanol–water partition coefficient (Wildman–Crippen LogP) is 2.07. The number of aryl methyl sites for hydroxylation is 1. The van der Waals surface area contributed by atoms with Crippen molar-refractivity contribution in [2.75, 3.05) is 36.1 Å². The first-order valence-electron chi connectivity index (χ1n) is 10.6. The molecule has 1 aliphatic carbocycles. The Bertz CT molecular complexity index is 1230. The third kappa shape index (κ3) is 3.88. The molecule has 0 bridgehead atoms. The van der Waals surface area contributed by atoms with Gasteiger partial charge in [-0.2, -0.15) is 0 Å². The summed E-state index contributed by atoms with van der Waals surface area (Å²) in [5.74, 6) is 0.909. The Morgan fingerprint density at radius 1 is 1.28 bits per heavy atom. The number of thiazole rings is 1. The number of hydrogen-bond acceptors (Lipinski definition) is 8. The highest BCUT2D eigenvalue weighted by Crippen LogP contribution is 2.40. The number of sulfone groups is 1. The van der Waals surface area contributed by atoms with Gasteiger partial charge >= 0.3 is 0 Å². The van der Waals surface area contributed by atoms with Gasteiger partial charge in [0.2, 0.25) is 5.91 Å². The largest absolute Gasteiger partial charge is 0.353 e. The quantitative estimate of drug-likeness (QED) is 0.680. The van der Waals surface area contributed by atoms with Crippen LogP contribution >= 0.6 is 11.3 Å². The van der Waals surface area contributed by atoms with E-state index in [9.17, 15) is 18.0 Å². The van der Waals surface area contributed by atoms with E-state index in [1.165, 1.54) is 24.5 Å². The number of rotatable bonds is 6. The fourth-order valence-electron chi connectivity index (χ4n) is 4.20. The number of carbonyl (C=O) groups is 2. The van der Waals surface area contributed by atoms with Gasteiger partial charge in [-0.05, 0) is 37.3 Å². The minimum absolute atomic E-state index is 0.0243. The number of nitrogens with zero attached hydrogens (tertiary/aromatic N) is 4. The molecule has 2 amide bonds. The summed E-state index contributed by atoms with van der Waals surface area (Å²) >= 11 is 1.34. The van der Waals surface area contributed by atoms with Crippen LogP contribution in [0.15, 0.2) is 6.07 Å². The lowest BCUT2D eigenvalue weighted by Crippen LogP contribution is -2.55. The minimum atomic E-state index is -3.14. The topological polar surface area (TPSA) is 113 Å². The molecule has 170 valence electrons. The predicted molar refractivity (Wildman–Crippen MR) is 123 cm³/mol. The standard InChI is InChI=1S/C21H25N5O4S2/c1-11-18(31-21(22-11)23-12(2)27)16-6-14-8-26(7-13-4-5-13)20(28)17(14)19(24-16)25-9-15(10-25)32(3,29)30/h6,13,15H,4-5,7-10H2,1-3H3,(H,22,23,27). The summed E-state index contributed by atoms with van der Waals surface area (Å²) in [5, 5.41) is 2.77. The Labute approximate surface area is 190 Å². The van der Waals surface area contributed by atoms with E-state index in [1.807, 2.05) is 22.8 Å². The van der Waals surface area contributed by atoms with E-state index in [4.69, 9.17) is 4.98 Å². The first-order chi connectivity index (χ1) is 15.1. The van der Waals surface area contributed by atoms with Crippen molar-refractivity contribution in [1.29, 1.82) is 0 Å². The van der Waals surface area contributed by atoms with Crippen LogP contribution in [0.3, 0.4) is 0 Å². The molecule has 32 heavy (non-hydrogen) atoms. The smallest absolute Gasteiger partial charge is 0.258 e.